The van der Waals surface area contributed by atoms with Gasteiger partial charge >= 0.3 is 0 Å². The predicted molar refractivity (Wildman–Crippen MR) is 71.5 cm³/mol. The lowest BCUT2D eigenvalue weighted by molar-refractivity contribution is -0.122. The average Bonchev–Trinajstić information content (AvgIpc) is 2.38. The quantitative estimate of drug-likeness (QED) is 0.596. The van der Waals surface area contributed by atoms with Crippen molar-refractivity contribution in [2.24, 2.45) is 0 Å². The fraction of sp³-hybridized carbons (Fsp3) is 0.500. The summed E-state index contributed by atoms with van der Waals surface area (Å²) in [5.41, 5.74) is 0.548. The fourth-order valence-electron chi connectivity index (χ4n) is 1.96. The molecule has 1 unspecified atom stereocenters. The summed E-state index contributed by atoms with van der Waals surface area (Å²) in [7, 11) is 0. The molecule has 5 heteroatoms. The Kier molecular flexibility index (Phi) is 5.47. The van der Waals surface area contributed by atoms with Crippen molar-refractivity contribution >= 4 is 5.91 Å². The lowest BCUT2D eigenvalue weighted by Crippen LogP contribution is -2.54. The second kappa shape index (κ2) is 6.65. The number of hydrogen-bond acceptors (Lipinski definition) is 4. The van der Waals surface area contributed by atoms with E-state index in [2.05, 4.69) is 5.32 Å². The maximum absolute atomic E-state index is 11.1. The number of benzene rings is 1. The highest BCUT2D eigenvalue weighted by atomic mass is 16.3. The minimum Gasteiger partial charge on any atom is -0.394 e. The third-order valence-electron chi connectivity index (χ3n) is 3.09. The molecule has 0 saturated heterocycles. The molecule has 0 aliphatic carbocycles. The highest BCUT2D eigenvalue weighted by Crippen LogP contribution is 2.24. The van der Waals surface area contributed by atoms with Crippen LogP contribution in [0.25, 0.3) is 0 Å². The van der Waals surface area contributed by atoms with Crippen LogP contribution in [0.4, 0.5) is 0 Å². The zero-order valence-electron chi connectivity index (χ0n) is 11.3. The summed E-state index contributed by atoms with van der Waals surface area (Å²) in [6.07, 6.45) is -0.824. The summed E-state index contributed by atoms with van der Waals surface area (Å²) in [6, 6.07) is 7.31. The molecule has 1 amide bonds. The number of amides is 1. The third kappa shape index (κ3) is 4.31. The molecule has 0 bridgehead atoms. The van der Waals surface area contributed by atoms with Crippen LogP contribution in [0.3, 0.4) is 0 Å². The zero-order valence-corrected chi connectivity index (χ0v) is 11.3. The molecular formula is C14H21NO4. The van der Waals surface area contributed by atoms with Crippen LogP contribution in [0.1, 0.15) is 30.6 Å². The second-order valence-electron chi connectivity index (χ2n) is 4.91. The number of aryl methyl sites for hydroxylation is 1. The molecule has 4 N–H and O–H groups in total. The van der Waals surface area contributed by atoms with E-state index in [1.807, 2.05) is 19.1 Å². The Morgan fingerprint density at radius 2 is 1.79 bits per heavy atom. The van der Waals surface area contributed by atoms with Crippen molar-refractivity contribution in [2.75, 3.05) is 13.2 Å². The van der Waals surface area contributed by atoms with Crippen molar-refractivity contribution in [3.8, 4) is 0 Å². The van der Waals surface area contributed by atoms with E-state index in [1.54, 1.807) is 12.1 Å². The Labute approximate surface area is 112 Å². The van der Waals surface area contributed by atoms with Crippen molar-refractivity contribution in [1.82, 2.24) is 5.32 Å². The summed E-state index contributed by atoms with van der Waals surface area (Å²) in [5, 5.41) is 31.4. The highest BCUT2D eigenvalue weighted by molar-refractivity contribution is 5.73. The SMILES string of the molecule is CC(=O)NC(CO)(CO)CC(O)c1ccc(C)cc1. The number of rotatable bonds is 6. The first-order chi connectivity index (χ1) is 8.92. The molecule has 0 saturated carbocycles. The first-order valence-electron chi connectivity index (χ1n) is 6.17. The zero-order chi connectivity index (χ0) is 14.5. The van der Waals surface area contributed by atoms with E-state index in [9.17, 15) is 20.1 Å². The fourth-order valence-corrected chi connectivity index (χ4v) is 1.96. The Morgan fingerprint density at radius 1 is 1.26 bits per heavy atom. The van der Waals surface area contributed by atoms with Gasteiger partial charge in [-0.25, -0.2) is 0 Å². The van der Waals surface area contributed by atoms with Crippen LogP contribution < -0.4 is 5.32 Å². The summed E-state index contributed by atoms with van der Waals surface area (Å²) in [5.74, 6) is -0.362. The standard InChI is InChI=1S/C14H21NO4/c1-10-3-5-12(6-4-10)13(19)7-14(8-16,9-17)15-11(2)18/h3-6,13,16-17,19H,7-9H2,1-2H3,(H,15,18). The lowest BCUT2D eigenvalue weighted by atomic mass is 9.90. The van der Waals surface area contributed by atoms with Gasteiger partial charge in [-0.15, -0.1) is 0 Å². The number of aliphatic hydroxyl groups excluding tert-OH is 3. The Balaban J connectivity index is 2.83. The van der Waals surface area contributed by atoms with E-state index in [0.29, 0.717) is 5.56 Å². The number of hydrogen-bond donors (Lipinski definition) is 4. The second-order valence-corrected chi connectivity index (χ2v) is 4.91. The monoisotopic (exact) mass is 267 g/mol. The van der Waals surface area contributed by atoms with Gasteiger partial charge in [0, 0.05) is 13.3 Å². The van der Waals surface area contributed by atoms with Gasteiger partial charge in [0.05, 0.1) is 24.9 Å². The normalized spacial score (nSPS) is 13.1. The molecule has 19 heavy (non-hydrogen) atoms. The van der Waals surface area contributed by atoms with Crippen molar-refractivity contribution in [2.45, 2.75) is 31.9 Å². The number of nitrogens with one attached hydrogen (secondary N) is 1. The van der Waals surface area contributed by atoms with Crippen LogP contribution in [0, 0.1) is 6.92 Å². The lowest BCUT2D eigenvalue weighted by Gasteiger charge is -2.32. The molecule has 0 aliphatic heterocycles. The highest BCUT2D eigenvalue weighted by Gasteiger charge is 2.32. The van der Waals surface area contributed by atoms with Gasteiger partial charge in [0.25, 0.3) is 0 Å². The number of carbonyl (C=O) groups is 1. The molecule has 0 aromatic heterocycles. The van der Waals surface area contributed by atoms with Crippen LogP contribution in [0.15, 0.2) is 24.3 Å². The molecular weight excluding hydrogens is 246 g/mol. The maximum Gasteiger partial charge on any atom is 0.217 e. The van der Waals surface area contributed by atoms with Crippen LogP contribution in [0.5, 0.6) is 0 Å². The molecule has 0 spiro atoms. The van der Waals surface area contributed by atoms with Gasteiger partial charge < -0.3 is 20.6 Å². The number of carbonyl (C=O) groups excluding carboxylic acids is 1. The van der Waals surface area contributed by atoms with Gasteiger partial charge in [-0.05, 0) is 12.5 Å². The number of aliphatic hydroxyl groups is 3. The minimum atomic E-state index is -1.21. The van der Waals surface area contributed by atoms with Crippen LogP contribution in [0.2, 0.25) is 0 Å². The summed E-state index contributed by atoms with van der Waals surface area (Å²) >= 11 is 0. The van der Waals surface area contributed by atoms with E-state index in [0.717, 1.165) is 5.56 Å². The largest absolute Gasteiger partial charge is 0.394 e. The van der Waals surface area contributed by atoms with Crippen LogP contribution >= 0.6 is 0 Å². The first-order valence-corrected chi connectivity index (χ1v) is 6.17. The molecule has 0 radical (unpaired) electrons. The molecule has 0 aliphatic rings. The molecule has 1 rings (SSSR count). The molecule has 1 atom stereocenters. The molecule has 5 nitrogen and oxygen atoms in total. The van der Waals surface area contributed by atoms with Crippen molar-refractivity contribution in [3.63, 3.8) is 0 Å². The first kappa shape index (κ1) is 15.6. The predicted octanol–water partition coefficient (Wildman–Crippen LogP) is 0.278. The van der Waals surface area contributed by atoms with Gasteiger partial charge in [0.2, 0.25) is 5.91 Å². The molecule has 106 valence electrons. The van der Waals surface area contributed by atoms with Gasteiger partial charge in [0.15, 0.2) is 0 Å². The topological polar surface area (TPSA) is 89.8 Å². The van der Waals surface area contributed by atoms with E-state index in [4.69, 9.17) is 0 Å². The van der Waals surface area contributed by atoms with Crippen LogP contribution in [-0.4, -0.2) is 40.0 Å². The smallest absolute Gasteiger partial charge is 0.217 e. The Bertz CT molecular complexity index is 412. The van der Waals surface area contributed by atoms with Crippen molar-refractivity contribution < 1.29 is 20.1 Å². The molecule has 0 heterocycles. The minimum absolute atomic E-state index is 0.0443. The average molecular weight is 267 g/mol. The van der Waals surface area contributed by atoms with Gasteiger partial charge in [-0.1, -0.05) is 29.8 Å². The molecule has 1 aromatic carbocycles. The third-order valence-corrected chi connectivity index (χ3v) is 3.09. The Morgan fingerprint density at radius 3 is 2.21 bits per heavy atom. The molecule has 0 fully saturated rings. The molecule has 1 aromatic rings. The van der Waals surface area contributed by atoms with E-state index >= 15 is 0 Å². The Hall–Kier alpha value is -1.43. The van der Waals surface area contributed by atoms with Crippen molar-refractivity contribution in [3.05, 3.63) is 35.4 Å². The van der Waals surface area contributed by atoms with Gasteiger partial charge in [0.1, 0.15) is 0 Å². The van der Waals surface area contributed by atoms with E-state index < -0.39 is 24.9 Å². The summed E-state index contributed by atoms with van der Waals surface area (Å²) < 4.78 is 0. The van der Waals surface area contributed by atoms with Gasteiger partial charge in [-0.3, -0.25) is 4.79 Å². The van der Waals surface area contributed by atoms with Gasteiger partial charge in [-0.2, -0.15) is 0 Å². The summed E-state index contributed by atoms with van der Waals surface area (Å²) in [6.45, 7) is 2.37. The van der Waals surface area contributed by atoms with Crippen molar-refractivity contribution in [1.29, 1.82) is 0 Å². The van der Waals surface area contributed by atoms with E-state index in [-0.39, 0.29) is 12.3 Å². The maximum atomic E-state index is 11.1. The summed E-state index contributed by atoms with van der Waals surface area (Å²) in [4.78, 5) is 11.1. The van der Waals surface area contributed by atoms with E-state index in [1.165, 1.54) is 6.92 Å². The van der Waals surface area contributed by atoms with Crippen LogP contribution in [-0.2, 0) is 4.79 Å².